The Bertz CT molecular complexity index is 1860. The molecule has 0 fully saturated rings. The molecule has 428 valence electrons. The van der Waals surface area contributed by atoms with Crippen molar-refractivity contribution >= 4 is 47.9 Å². The molecule has 0 aliphatic carbocycles. The Hall–Kier alpha value is 2.59. The van der Waals surface area contributed by atoms with Gasteiger partial charge in [0.2, 0.25) is 41.6 Å². The van der Waals surface area contributed by atoms with Crippen LogP contribution in [-0.2, 0) is 63.1 Å². The Kier molecular flexibility index (Phi) is 63.8. The predicted octanol–water partition coefficient (Wildman–Crippen LogP) is -0.710. The molecule has 0 aromatic heterocycles. The van der Waals surface area contributed by atoms with Crippen LogP contribution >= 0.6 is 0 Å². The maximum absolute atomic E-state index is 11.7. The van der Waals surface area contributed by atoms with Crippen LogP contribution in [0.1, 0.15) is 258 Å². The van der Waals surface area contributed by atoms with E-state index in [1.807, 2.05) is 18.2 Å². The van der Waals surface area contributed by atoms with Gasteiger partial charge < -0.3 is 23.3 Å². The van der Waals surface area contributed by atoms with Gasteiger partial charge in [0.25, 0.3) is 0 Å². The average Bonchev–Trinajstić information content (AvgIpc) is 3.28. The van der Waals surface area contributed by atoms with E-state index in [-0.39, 0.29) is 131 Å². The standard InChI is InChI=1S/C50H96O18S4.4Na/c1-3-5-7-26-36-46(65-69(53,54)55)38-28-18-11-9-12-19-30-40-48(67-71(59,60)61)41-31-23-25-35-45(44-51)34-24-17-15-16-21-32-42-49(52)50(68-72(62,63)64)43-33-22-14-10-13-20-29-39-47(66-70(56,57)58)37-27-8-6-4-2;;;;/h16,21,34,44,46-50,52H,3-15,17-20,22-33,35-43H2,1-2H3,(H,53,54,55)(H,56,57,58)(H,59,60,61)(H,62,63,64);;;;/q;4*+1/p-4/b21-16-,45-34+;;;;. The van der Waals surface area contributed by atoms with Gasteiger partial charge in [-0.25, -0.2) is 33.7 Å². The van der Waals surface area contributed by atoms with E-state index in [4.69, 9.17) is 16.7 Å². The predicted molar refractivity (Wildman–Crippen MR) is 274 cm³/mol. The van der Waals surface area contributed by atoms with Crippen LogP contribution in [0.3, 0.4) is 0 Å². The molecule has 0 radical (unpaired) electrons. The fraction of sp³-hybridized carbons (Fsp3) is 0.900. The van der Waals surface area contributed by atoms with Crippen LogP contribution in [0.4, 0.5) is 0 Å². The van der Waals surface area contributed by atoms with E-state index < -0.39 is 72.1 Å². The van der Waals surface area contributed by atoms with Gasteiger partial charge in [-0.1, -0.05) is 186 Å². The summed E-state index contributed by atoms with van der Waals surface area (Å²) >= 11 is 0. The van der Waals surface area contributed by atoms with E-state index in [9.17, 15) is 61.8 Å². The quantitative estimate of drug-likeness (QED) is 0.0150. The van der Waals surface area contributed by atoms with Crippen LogP contribution in [0.2, 0.25) is 0 Å². The second-order valence-corrected chi connectivity index (χ2v) is 23.3. The third-order valence-corrected chi connectivity index (χ3v) is 14.7. The van der Waals surface area contributed by atoms with Gasteiger partial charge in [-0.2, -0.15) is 0 Å². The van der Waals surface area contributed by atoms with Crippen LogP contribution in [0.5, 0.6) is 0 Å². The number of carbonyl (C=O) groups is 1. The number of allylic oxidation sites excluding steroid dienone is 4. The topological polar surface area (TPSA) is 303 Å². The molecule has 5 unspecified atom stereocenters. The molecular weight excluding hydrogens is 1110 g/mol. The van der Waals surface area contributed by atoms with Gasteiger partial charge in [-0.3, -0.25) is 21.5 Å². The number of carbonyl (C=O) groups excluding carboxylic acids is 1. The van der Waals surface area contributed by atoms with Crippen molar-refractivity contribution in [3.05, 3.63) is 23.8 Å². The SMILES string of the molecule is CCCCCCC(CCCCCCCCCC(CCCCC/C(C=O)=C\CCC/C=C\CCC(O)C(CCCCCCCCCC(CCCCCC)OS(=O)(=O)[O-])OS(=O)(=O)[O-])OS(=O)(=O)[O-])OS(=O)(=O)[O-].[Na+].[Na+].[Na+].[Na+]. The zero-order valence-electron chi connectivity index (χ0n) is 47.6. The van der Waals surface area contributed by atoms with Crippen molar-refractivity contribution in [2.75, 3.05) is 0 Å². The second-order valence-electron chi connectivity index (χ2n) is 19.3. The molecule has 0 rings (SSSR count). The first-order valence-corrected chi connectivity index (χ1v) is 32.4. The number of unbranched alkanes of at least 4 members (excludes halogenated alkanes) is 22. The Morgan fingerprint density at radius 2 is 0.697 bits per heavy atom. The van der Waals surface area contributed by atoms with Gasteiger partial charge in [0.05, 0.1) is 24.4 Å². The van der Waals surface area contributed by atoms with Crippen molar-refractivity contribution in [3.63, 3.8) is 0 Å². The summed E-state index contributed by atoms with van der Waals surface area (Å²) in [5.41, 5.74) is 0.670. The Morgan fingerprint density at radius 3 is 1.03 bits per heavy atom. The molecule has 0 aromatic rings. The summed E-state index contributed by atoms with van der Waals surface area (Å²) in [6, 6.07) is 0. The van der Waals surface area contributed by atoms with Crippen molar-refractivity contribution in [3.8, 4) is 0 Å². The Morgan fingerprint density at radius 1 is 0.395 bits per heavy atom. The minimum Gasteiger partial charge on any atom is -0.726 e. The normalized spacial score (nSPS) is 14.4. The van der Waals surface area contributed by atoms with E-state index in [0.29, 0.717) is 95.5 Å². The van der Waals surface area contributed by atoms with Gasteiger partial charge >= 0.3 is 118 Å². The zero-order chi connectivity index (χ0) is 54.0. The summed E-state index contributed by atoms with van der Waals surface area (Å²) in [5.74, 6) is 0. The molecule has 0 bridgehead atoms. The number of aliphatic hydroxyl groups is 1. The molecule has 0 saturated carbocycles. The molecule has 0 saturated heterocycles. The van der Waals surface area contributed by atoms with E-state index in [1.165, 1.54) is 0 Å². The largest absolute Gasteiger partial charge is 1.00 e. The van der Waals surface area contributed by atoms with E-state index in [1.54, 1.807) is 0 Å². The molecule has 26 heteroatoms. The molecule has 1 N–H and O–H groups in total. The minimum absolute atomic E-state index is 0. The van der Waals surface area contributed by atoms with Crippen molar-refractivity contribution < 1.29 is 197 Å². The Labute approximate surface area is 550 Å². The van der Waals surface area contributed by atoms with Gasteiger partial charge in [-0.05, 0) is 95.5 Å². The van der Waals surface area contributed by atoms with E-state index >= 15 is 0 Å². The van der Waals surface area contributed by atoms with Crippen LogP contribution in [0.15, 0.2) is 23.8 Å². The van der Waals surface area contributed by atoms with Gasteiger partial charge in [0, 0.05) is 0 Å². The zero-order valence-corrected chi connectivity index (χ0v) is 58.9. The fourth-order valence-electron chi connectivity index (χ4n) is 8.80. The van der Waals surface area contributed by atoms with Crippen molar-refractivity contribution in [2.45, 2.75) is 288 Å². The average molecular weight is 1200 g/mol. The second kappa shape index (κ2) is 55.5. The molecule has 0 amide bonds. The molecular formula is C50H92Na4O18S4. The third-order valence-electron chi connectivity index (χ3n) is 12.7. The van der Waals surface area contributed by atoms with Crippen molar-refractivity contribution in [1.82, 2.24) is 0 Å². The maximum atomic E-state index is 11.7. The summed E-state index contributed by atoms with van der Waals surface area (Å²) in [6.07, 6.45) is 30.1. The smallest absolute Gasteiger partial charge is 0.726 e. The number of aliphatic hydroxyl groups excluding tert-OH is 1. The van der Waals surface area contributed by atoms with Gasteiger partial charge in [0.15, 0.2) is 0 Å². The minimum atomic E-state index is -5.02. The van der Waals surface area contributed by atoms with E-state index in [0.717, 1.165) is 148 Å². The van der Waals surface area contributed by atoms with Crippen molar-refractivity contribution in [1.29, 1.82) is 0 Å². The molecule has 5 atom stereocenters. The number of hydrogen-bond donors (Lipinski definition) is 1. The monoisotopic (exact) mass is 1200 g/mol. The van der Waals surface area contributed by atoms with Crippen LogP contribution in [0, 0.1) is 0 Å². The molecule has 18 nitrogen and oxygen atoms in total. The fourth-order valence-corrected chi connectivity index (χ4v) is 10.9. The molecule has 76 heavy (non-hydrogen) atoms. The summed E-state index contributed by atoms with van der Waals surface area (Å²) in [6.45, 7) is 4.16. The van der Waals surface area contributed by atoms with Crippen molar-refractivity contribution in [2.24, 2.45) is 0 Å². The summed E-state index contributed by atoms with van der Waals surface area (Å²) in [4.78, 5) is 11.7. The third kappa shape index (κ3) is 62.6. The summed E-state index contributed by atoms with van der Waals surface area (Å²) in [5, 5.41) is 10.7. The molecule has 0 spiro atoms. The maximum Gasteiger partial charge on any atom is 1.00 e. The molecule has 0 aliphatic rings. The summed E-state index contributed by atoms with van der Waals surface area (Å²) in [7, 11) is -19.4. The first kappa shape index (κ1) is 87.4. The van der Waals surface area contributed by atoms with Crippen LogP contribution in [0.25, 0.3) is 0 Å². The van der Waals surface area contributed by atoms with E-state index in [2.05, 4.69) is 13.8 Å². The number of rotatable bonds is 53. The summed E-state index contributed by atoms with van der Waals surface area (Å²) < 4.78 is 154. The van der Waals surface area contributed by atoms with Crippen LogP contribution < -0.4 is 118 Å². The van der Waals surface area contributed by atoms with Gasteiger partial charge in [-0.15, -0.1) is 0 Å². The first-order chi connectivity index (χ1) is 34.1. The molecule has 0 heterocycles. The first-order valence-electron chi connectivity index (χ1n) is 27.1. The number of aldehydes is 1. The molecule has 0 aliphatic heterocycles. The van der Waals surface area contributed by atoms with Gasteiger partial charge in [0.1, 0.15) is 12.4 Å². The van der Waals surface area contributed by atoms with Crippen LogP contribution in [-0.4, -0.2) is 93.8 Å². The number of hydrogen-bond acceptors (Lipinski definition) is 18. The molecule has 0 aromatic carbocycles. The Balaban J connectivity index is -0.00000420.